The number of benzene rings is 1. The molecule has 0 aliphatic carbocycles. The second-order valence-electron chi connectivity index (χ2n) is 4.60. The molecule has 1 aliphatic heterocycles. The van der Waals surface area contributed by atoms with Crippen molar-refractivity contribution in [2.24, 2.45) is 7.05 Å². The number of rotatable bonds is 2. The molecule has 0 radical (unpaired) electrons. The first-order valence-electron chi connectivity index (χ1n) is 5.72. The number of nitrogens with zero attached hydrogens (tertiary/aromatic N) is 2. The molecule has 0 amide bonds. The molecule has 5 nitrogen and oxygen atoms in total. The third-order valence-electron chi connectivity index (χ3n) is 3.31. The van der Waals surface area contributed by atoms with Gasteiger partial charge < -0.3 is 9.67 Å². The highest BCUT2D eigenvalue weighted by Gasteiger charge is 2.37. The fourth-order valence-corrected chi connectivity index (χ4v) is 4.02. The number of aromatic nitrogens is 1. The molecule has 1 N–H and O–H groups in total. The van der Waals surface area contributed by atoms with Gasteiger partial charge in [-0.1, -0.05) is 18.2 Å². The van der Waals surface area contributed by atoms with Crippen LogP contribution in [0.25, 0.3) is 10.9 Å². The first-order valence-corrected chi connectivity index (χ1v) is 7.16. The second kappa shape index (κ2) is 3.81. The van der Waals surface area contributed by atoms with Gasteiger partial charge in [0.15, 0.2) is 0 Å². The quantitative estimate of drug-likeness (QED) is 0.863. The van der Waals surface area contributed by atoms with E-state index < -0.39 is 16.1 Å². The lowest BCUT2D eigenvalue weighted by Gasteiger charge is -2.34. The average Bonchev–Trinajstić information content (AvgIpc) is 2.64. The third kappa shape index (κ3) is 1.57. The van der Waals surface area contributed by atoms with Gasteiger partial charge >= 0.3 is 0 Å². The van der Waals surface area contributed by atoms with Crippen LogP contribution >= 0.6 is 0 Å². The van der Waals surface area contributed by atoms with Crippen molar-refractivity contribution >= 4 is 20.9 Å². The molecule has 1 fully saturated rings. The van der Waals surface area contributed by atoms with Crippen LogP contribution in [0.3, 0.4) is 0 Å². The molecule has 2 aromatic rings. The summed E-state index contributed by atoms with van der Waals surface area (Å²) in [5, 5.41) is 9.96. The number of aliphatic hydroxyl groups is 1. The molecule has 0 bridgehead atoms. The molecule has 1 saturated heterocycles. The van der Waals surface area contributed by atoms with Gasteiger partial charge in [-0.05, 0) is 6.07 Å². The largest absolute Gasteiger partial charge is 0.390 e. The zero-order valence-corrected chi connectivity index (χ0v) is 10.8. The minimum atomic E-state index is -3.49. The van der Waals surface area contributed by atoms with Crippen LogP contribution in [0.15, 0.2) is 35.4 Å². The molecule has 0 unspecified atom stereocenters. The smallest absolute Gasteiger partial charge is 0.245 e. The summed E-state index contributed by atoms with van der Waals surface area (Å²) < 4.78 is 27.9. The van der Waals surface area contributed by atoms with E-state index in [4.69, 9.17) is 0 Å². The Hall–Kier alpha value is -1.37. The van der Waals surface area contributed by atoms with Crippen molar-refractivity contribution in [3.63, 3.8) is 0 Å². The van der Waals surface area contributed by atoms with Gasteiger partial charge in [0.2, 0.25) is 10.0 Å². The molecule has 6 heteroatoms. The van der Waals surface area contributed by atoms with E-state index in [1.54, 1.807) is 16.8 Å². The van der Waals surface area contributed by atoms with Crippen LogP contribution in [0.1, 0.15) is 0 Å². The van der Waals surface area contributed by atoms with E-state index in [1.807, 2.05) is 25.2 Å². The molecular weight excluding hydrogens is 252 g/mol. The highest BCUT2D eigenvalue weighted by Crippen LogP contribution is 2.29. The molecule has 0 saturated carbocycles. The number of aliphatic hydroxyl groups excluding tert-OH is 1. The standard InChI is InChI=1S/C12H14N2O3S/c1-13-8-12(10-4-2-3-5-11(10)13)18(16,17)14-6-9(15)7-14/h2-5,8-9,15H,6-7H2,1H3. The van der Waals surface area contributed by atoms with Crippen molar-refractivity contribution in [3.05, 3.63) is 30.5 Å². The normalized spacial score (nSPS) is 18.1. The summed E-state index contributed by atoms with van der Waals surface area (Å²) in [6.07, 6.45) is 1.10. The molecular formula is C12H14N2O3S. The van der Waals surface area contributed by atoms with E-state index in [9.17, 15) is 13.5 Å². The Bertz CT molecular complexity index is 699. The number of fused-ring (bicyclic) bond motifs is 1. The number of hydrogen-bond acceptors (Lipinski definition) is 3. The topological polar surface area (TPSA) is 62.5 Å². The first-order chi connectivity index (χ1) is 8.50. The van der Waals surface area contributed by atoms with Gasteiger partial charge in [0.25, 0.3) is 0 Å². The van der Waals surface area contributed by atoms with Crippen LogP contribution in [0, 0.1) is 0 Å². The third-order valence-corrected chi connectivity index (χ3v) is 5.17. The summed E-state index contributed by atoms with van der Waals surface area (Å²) in [5.41, 5.74) is 0.886. The summed E-state index contributed by atoms with van der Waals surface area (Å²) in [6.45, 7) is 0.372. The monoisotopic (exact) mass is 266 g/mol. The number of para-hydroxylation sites is 1. The van der Waals surface area contributed by atoms with Gasteiger partial charge in [-0.25, -0.2) is 8.42 Å². The number of β-amino-alcohol motifs (C(OH)–C–C–N with tert-alkyl or cyclic N) is 1. The molecule has 0 atom stereocenters. The van der Waals surface area contributed by atoms with E-state index in [2.05, 4.69) is 0 Å². The highest BCUT2D eigenvalue weighted by molar-refractivity contribution is 7.89. The maximum Gasteiger partial charge on any atom is 0.245 e. The van der Waals surface area contributed by atoms with Crippen molar-refractivity contribution in [2.45, 2.75) is 11.0 Å². The van der Waals surface area contributed by atoms with Gasteiger partial charge in [0, 0.05) is 37.2 Å². The van der Waals surface area contributed by atoms with Crippen molar-refractivity contribution in [3.8, 4) is 0 Å². The number of hydrogen-bond donors (Lipinski definition) is 1. The molecule has 3 rings (SSSR count). The molecule has 96 valence electrons. The van der Waals surface area contributed by atoms with Gasteiger partial charge in [-0.15, -0.1) is 0 Å². The SMILES string of the molecule is Cn1cc(S(=O)(=O)N2CC(O)C2)c2ccccc21. The Balaban J connectivity index is 2.15. The van der Waals surface area contributed by atoms with Gasteiger partial charge in [-0.2, -0.15) is 4.31 Å². The lowest BCUT2D eigenvalue weighted by atomic mass is 10.2. The minimum absolute atomic E-state index is 0.186. The van der Waals surface area contributed by atoms with Crippen molar-refractivity contribution in [1.29, 1.82) is 0 Å². The van der Waals surface area contributed by atoms with Gasteiger partial charge in [-0.3, -0.25) is 0 Å². The van der Waals surface area contributed by atoms with Crippen LogP contribution in [-0.2, 0) is 17.1 Å². The molecule has 1 aliphatic rings. The summed E-state index contributed by atoms with van der Waals surface area (Å²) in [6, 6.07) is 7.40. The van der Waals surface area contributed by atoms with Crippen molar-refractivity contribution in [2.75, 3.05) is 13.1 Å². The lowest BCUT2D eigenvalue weighted by molar-refractivity contribution is 0.0548. The first kappa shape index (κ1) is 11.7. The van der Waals surface area contributed by atoms with Crippen LogP contribution in [0.5, 0.6) is 0 Å². The van der Waals surface area contributed by atoms with Gasteiger partial charge in [0.05, 0.1) is 6.10 Å². The summed E-state index contributed by atoms with van der Waals surface area (Å²) >= 11 is 0. The average molecular weight is 266 g/mol. The Morgan fingerprint density at radius 3 is 2.61 bits per heavy atom. The molecule has 2 heterocycles. The number of sulfonamides is 1. The zero-order valence-electron chi connectivity index (χ0n) is 9.94. The Morgan fingerprint density at radius 1 is 1.28 bits per heavy atom. The Morgan fingerprint density at radius 2 is 1.94 bits per heavy atom. The van der Waals surface area contributed by atoms with E-state index in [0.29, 0.717) is 4.90 Å². The van der Waals surface area contributed by atoms with Crippen LogP contribution < -0.4 is 0 Å². The molecule has 1 aromatic heterocycles. The van der Waals surface area contributed by atoms with Gasteiger partial charge in [0.1, 0.15) is 4.90 Å². The van der Waals surface area contributed by atoms with Crippen LogP contribution in [-0.4, -0.2) is 41.6 Å². The summed E-state index contributed by atoms with van der Waals surface area (Å²) in [4.78, 5) is 0.313. The second-order valence-corrected chi connectivity index (χ2v) is 6.50. The zero-order chi connectivity index (χ0) is 12.9. The lowest BCUT2D eigenvalue weighted by Crippen LogP contribution is -2.53. The van der Waals surface area contributed by atoms with E-state index >= 15 is 0 Å². The predicted molar refractivity (Wildman–Crippen MR) is 67.7 cm³/mol. The molecule has 0 spiro atoms. The Labute approximate surface area is 105 Å². The van der Waals surface area contributed by atoms with E-state index in [-0.39, 0.29) is 13.1 Å². The predicted octanol–water partition coefficient (Wildman–Crippen LogP) is 0.543. The van der Waals surface area contributed by atoms with Crippen LogP contribution in [0.2, 0.25) is 0 Å². The van der Waals surface area contributed by atoms with Crippen molar-refractivity contribution in [1.82, 2.24) is 8.87 Å². The van der Waals surface area contributed by atoms with Crippen molar-refractivity contribution < 1.29 is 13.5 Å². The van der Waals surface area contributed by atoms with Crippen LogP contribution in [0.4, 0.5) is 0 Å². The summed E-state index contributed by atoms with van der Waals surface area (Å²) in [5.74, 6) is 0. The number of aryl methyl sites for hydroxylation is 1. The molecule has 1 aromatic carbocycles. The fraction of sp³-hybridized carbons (Fsp3) is 0.333. The fourth-order valence-electron chi connectivity index (χ4n) is 2.26. The Kier molecular flexibility index (Phi) is 2.48. The maximum atomic E-state index is 12.4. The summed E-state index contributed by atoms with van der Waals surface area (Å²) in [7, 11) is -1.66. The van der Waals surface area contributed by atoms with E-state index in [1.165, 1.54) is 4.31 Å². The van der Waals surface area contributed by atoms with E-state index in [0.717, 1.165) is 10.9 Å². The molecule has 18 heavy (non-hydrogen) atoms. The minimum Gasteiger partial charge on any atom is -0.390 e. The highest BCUT2D eigenvalue weighted by atomic mass is 32.2. The maximum absolute atomic E-state index is 12.4.